The Morgan fingerprint density at radius 3 is 1.50 bits per heavy atom. The van der Waals surface area contributed by atoms with Crippen molar-refractivity contribution in [3.63, 3.8) is 0 Å². The van der Waals surface area contributed by atoms with Gasteiger partial charge in [0.1, 0.15) is 0 Å². The summed E-state index contributed by atoms with van der Waals surface area (Å²) < 4.78 is 3.44. The van der Waals surface area contributed by atoms with Crippen molar-refractivity contribution in [1.82, 2.24) is 0 Å². The minimum absolute atomic E-state index is 1.29. The predicted octanol–water partition coefficient (Wildman–Crippen LogP) is 1.87. The molecule has 0 heterocycles. The fraction of sp³-hybridized carbons (Fsp3) is 0.400. The van der Waals surface area contributed by atoms with Crippen LogP contribution < -0.4 is 0 Å². The predicted molar refractivity (Wildman–Crippen MR) is 44.6 cm³/mol. The van der Waals surface area contributed by atoms with E-state index in [0.717, 1.165) is 0 Å². The summed E-state index contributed by atoms with van der Waals surface area (Å²) in [5.41, 5.74) is 6.66. The van der Waals surface area contributed by atoms with Gasteiger partial charge in [-0.15, -0.1) is 0 Å². The molecule has 0 saturated heterocycles. The van der Waals surface area contributed by atoms with Crippen LogP contribution in [0.1, 0.15) is 26.7 Å². The van der Waals surface area contributed by atoms with E-state index in [1.807, 2.05) is 0 Å². The normalized spacial score (nSPS) is 23.2. The molecule has 12 heavy (non-hydrogen) atoms. The van der Waals surface area contributed by atoms with Crippen LogP contribution in [0.15, 0.2) is 22.3 Å². The zero-order chi connectivity index (χ0) is 8.88. The standard InChI is InChI=1S/C10H10.2Y/c1-7-3-5-10-8(2)4-6-9(7)10;;/h5-6H2,1-2H3;;. The van der Waals surface area contributed by atoms with Gasteiger partial charge in [0, 0.05) is 0 Å². The second-order valence-electron chi connectivity index (χ2n) is 3.61. The molecule has 2 heteroatoms. The second-order valence-corrected chi connectivity index (χ2v) is 7.04. The molecule has 0 aromatic rings. The fourth-order valence-corrected chi connectivity index (χ4v) is 3.82. The van der Waals surface area contributed by atoms with E-state index in [1.54, 1.807) is 26.9 Å². The van der Waals surface area contributed by atoms with Gasteiger partial charge in [0.2, 0.25) is 0 Å². The SMILES string of the molecule is CC1=C2C[C](=[Y])C(C)=C2C[C]1=[Y]. The molecule has 0 spiro atoms. The van der Waals surface area contributed by atoms with Crippen LogP contribution in [0.4, 0.5) is 0 Å². The van der Waals surface area contributed by atoms with Crippen LogP contribution in [0.3, 0.4) is 0 Å². The molecule has 0 aliphatic heterocycles. The summed E-state index contributed by atoms with van der Waals surface area (Å²) in [4.78, 5) is 0. The molecule has 0 aromatic heterocycles. The van der Waals surface area contributed by atoms with E-state index in [0.29, 0.717) is 0 Å². The van der Waals surface area contributed by atoms with Gasteiger partial charge < -0.3 is 0 Å². The van der Waals surface area contributed by atoms with Crippen LogP contribution in [0.2, 0.25) is 0 Å². The summed E-state index contributed by atoms with van der Waals surface area (Å²) in [5, 5.41) is 0. The number of fused-ring (bicyclic) bond motifs is 1. The maximum absolute atomic E-state index is 2.31. The fourth-order valence-electron chi connectivity index (χ4n) is 1.96. The van der Waals surface area contributed by atoms with E-state index in [-0.39, 0.29) is 0 Å². The van der Waals surface area contributed by atoms with Crippen LogP contribution in [0, 0.1) is 0 Å². The molecule has 0 bridgehead atoms. The van der Waals surface area contributed by atoms with Gasteiger partial charge in [0.25, 0.3) is 0 Å². The summed E-state index contributed by atoms with van der Waals surface area (Å²) >= 11 is 2.65. The van der Waals surface area contributed by atoms with E-state index in [4.69, 9.17) is 0 Å². The molecule has 2 aliphatic rings. The average molecular weight is 308 g/mol. The summed E-state index contributed by atoms with van der Waals surface area (Å²) in [5.74, 6) is 0. The number of hydrogen-bond acceptors (Lipinski definition) is 0. The molecule has 0 N–H and O–H groups in total. The summed E-state index contributed by atoms with van der Waals surface area (Å²) in [6.07, 6.45) is 2.58. The minimum atomic E-state index is 1.29. The molecule has 2 rings (SSSR count). The number of allylic oxidation sites excluding steroid dienone is 4. The van der Waals surface area contributed by atoms with Crippen molar-refractivity contribution in [2.24, 2.45) is 0 Å². The quantitative estimate of drug-likeness (QED) is 0.641. The Morgan fingerprint density at radius 1 is 0.833 bits per heavy atom. The first-order chi connectivity index (χ1) is 5.61. The molecule has 0 nitrogen and oxygen atoms in total. The summed E-state index contributed by atoms with van der Waals surface area (Å²) in [7, 11) is 0. The van der Waals surface area contributed by atoms with Crippen molar-refractivity contribution in [3.8, 4) is 0 Å². The molecule has 2 aliphatic carbocycles. The van der Waals surface area contributed by atoms with Crippen LogP contribution in [-0.4, -0.2) is 4.60 Å². The van der Waals surface area contributed by atoms with Gasteiger partial charge in [0.15, 0.2) is 0 Å². The van der Waals surface area contributed by atoms with Crippen molar-refractivity contribution in [3.05, 3.63) is 22.3 Å². The topological polar surface area (TPSA) is 0 Å². The van der Waals surface area contributed by atoms with Gasteiger partial charge in [-0.1, -0.05) is 0 Å². The Kier molecular flexibility index (Phi) is 2.93. The summed E-state index contributed by atoms with van der Waals surface area (Å²) in [6, 6.07) is 0. The van der Waals surface area contributed by atoms with Gasteiger partial charge in [-0.05, 0) is 0 Å². The second kappa shape index (κ2) is 3.53. The molecule has 0 radical (unpaired) electrons. The van der Waals surface area contributed by atoms with Gasteiger partial charge in [-0.3, -0.25) is 0 Å². The number of hydrogen-bond donors (Lipinski definition) is 0. The molecular weight excluding hydrogens is 298 g/mol. The molecular formula is C10H10Y2. The van der Waals surface area contributed by atoms with Crippen molar-refractivity contribution < 1.29 is 60.9 Å². The third-order valence-electron chi connectivity index (χ3n) is 2.97. The van der Waals surface area contributed by atoms with E-state index in [9.17, 15) is 0 Å². The molecule has 0 aromatic carbocycles. The molecule has 0 saturated carbocycles. The first-order valence-electron chi connectivity index (χ1n) is 4.24. The number of rotatable bonds is 0. The summed E-state index contributed by atoms with van der Waals surface area (Å²) in [6.45, 7) is 4.63. The third-order valence-corrected chi connectivity index (χ3v) is 6.10. The van der Waals surface area contributed by atoms with Gasteiger partial charge in [-0.25, -0.2) is 0 Å². The first-order valence-corrected chi connectivity index (χ1v) is 7.08. The molecule has 0 fully saturated rings. The van der Waals surface area contributed by atoms with Crippen LogP contribution in [-0.2, 0) is 60.9 Å². The van der Waals surface area contributed by atoms with Gasteiger partial charge >= 0.3 is 114 Å². The van der Waals surface area contributed by atoms with E-state index < -0.39 is 0 Å². The Hall–Kier alpha value is 1.43. The first kappa shape index (κ1) is 9.96. The Bertz CT molecular complexity index is 320. The zero-order valence-electron chi connectivity index (χ0n) is 7.57. The zero-order valence-corrected chi connectivity index (χ0v) is 13.2. The Balaban J connectivity index is 2.59. The Labute approximate surface area is 113 Å². The Morgan fingerprint density at radius 2 is 1.17 bits per heavy atom. The monoisotopic (exact) mass is 308 g/mol. The van der Waals surface area contributed by atoms with E-state index in [1.165, 1.54) is 73.7 Å². The molecule has 0 amide bonds. The molecule has 56 valence electrons. The van der Waals surface area contributed by atoms with E-state index in [2.05, 4.69) is 13.8 Å². The van der Waals surface area contributed by atoms with Crippen LogP contribution >= 0.6 is 0 Å². The van der Waals surface area contributed by atoms with Crippen molar-refractivity contribution in [1.29, 1.82) is 0 Å². The van der Waals surface area contributed by atoms with Crippen molar-refractivity contribution in [2.45, 2.75) is 26.7 Å². The third kappa shape index (κ3) is 1.43. The van der Waals surface area contributed by atoms with E-state index >= 15 is 0 Å². The van der Waals surface area contributed by atoms with Crippen LogP contribution in [0.25, 0.3) is 0 Å². The van der Waals surface area contributed by atoms with Gasteiger partial charge in [-0.2, -0.15) is 0 Å². The molecule has 0 unspecified atom stereocenters. The average Bonchev–Trinajstić information content (AvgIpc) is 2.43. The van der Waals surface area contributed by atoms with Crippen molar-refractivity contribution >= 4 is 4.60 Å². The maximum atomic E-state index is 2.31. The van der Waals surface area contributed by atoms with Crippen molar-refractivity contribution in [2.75, 3.05) is 0 Å². The molecule has 0 atom stereocenters. The van der Waals surface area contributed by atoms with Crippen LogP contribution in [0.5, 0.6) is 0 Å². The van der Waals surface area contributed by atoms with Gasteiger partial charge in [0.05, 0.1) is 0 Å².